The summed E-state index contributed by atoms with van der Waals surface area (Å²) < 4.78 is 11.6. The molecule has 2 nitrogen and oxygen atoms in total. The molecule has 2 atom stereocenters. The van der Waals surface area contributed by atoms with E-state index in [9.17, 15) is 0 Å². The largest absolute Gasteiger partial charge is 0.351 e. The summed E-state index contributed by atoms with van der Waals surface area (Å²) in [6.07, 6.45) is 1.08. The van der Waals surface area contributed by atoms with Crippen molar-refractivity contribution in [2.24, 2.45) is 0 Å². The lowest BCUT2D eigenvalue weighted by Crippen LogP contribution is -2.19. The second-order valence-electron chi connectivity index (χ2n) is 3.34. The first-order valence-electron chi connectivity index (χ1n) is 4.77. The smallest absolute Gasteiger partial charge is 0.169 e. The Balaban J connectivity index is 1.82. The zero-order valence-corrected chi connectivity index (χ0v) is 10.0. The number of benzene rings is 1. The van der Waals surface area contributed by atoms with E-state index in [0.29, 0.717) is 10.5 Å². The summed E-state index contributed by atoms with van der Waals surface area (Å²) in [4.78, 5) is 0. The zero-order valence-electron chi connectivity index (χ0n) is 7.86. The van der Waals surface area contributed by atoms with E-state index < -0.39 is 0 Å². The monoisotopic (exact) mass is 304 g/mol. The maximum absolute atomic E-state index is 5.67. The maximum Gasteiger partial charge on any atom is 0.169 e. The molecule has 0 radical (unpaired) electrons. The lowest BCUT2D eigenvalue weighted by atomic mass is 10.2. The highest BCUT2D eigenvalue weighted by molar-refractivity contribution is 14.1. The Morgan fingerprint density at radius 1 is 1.36 bits per heavy atom. The summed E-state index contributed by atoms with van der Waals surface area (Å²) in [7, 11) is 0. The van der Waals surface area contributed by atoms with E-state index in [1.54, 1.807) is 0 Å². The van der Waals surface area contributed by atoms with E-state index in [2.05, 4.69) is 34.7 Å². The van der Waals surface area contributed by atoms with Gasteiger partial charge in [-0.1, -0.05) is 52.9 Å². The molecule has 0 unspecified atom stereocenters. The molecule has 1 aromatic rings. The van der Waals surface area contributed by atoms with Gasteiger partial charge in [0.05, 0.1) is 17.1 Å². The van der Waals surface area contributed by atoms with Crippen molar-refractivity contribution in [3.05, 3.63) is 35.9 Å². The van der Waals surface area contributed by atoms with Gasteiger partial charge in [0.15, 0.2) is 6.29 Å². The van der Waals surface area contributed by atoms with Crippen molar-refractivity contribution in [3.8, 4) is 0 Å². The van der Waals surface area contributed by atoms with Crippen molar-refractivity contribution in [2.45, 2.75) is 23.2 Å². The minimum atomic E-state index is -0.0178. The first-order valence-corrected chi connectivity index (χ1v) is 6.02. The molecule has 0 aromatic heterocycles. The number of hydrogen-bond acceptors (Lipinski definition) is 2. The number of ether oxygens (including phenoxy) is 2. The fourth-order valence-corrected chi connectivity index (χ4v) is 2.11. The number of halogens is 1. The summed E-state index contributed by atoms with van der Waals surface area (Å²) in [5, 5.41) is 0. The molecule has 0 aliphatic carbocycles. The van der Waals surface area contributed by atoms with E-state index in [4.69, 9.17) is 9.47 Å². The fraction of sp³-hybridized carbons (Fsp3) is 0.455. The van der Waals surface area contributed by atoms with Crippen molar-refractivity contribution in [2.75, 3.05) is 6.61 Å². The first-order chi connectivity index (χ1) is 6.86. The summed E-state index contributed by atoms with van der Waals surface area (Å²) in [5.74, 6) is 0. The summed E-state index contributed by atoms with van der Waals surface area (Å²) >= 11 is 2.39. The third-order valence-corrected chi connectivity index (χ3v) is 3.44. The van der Waals surface area contributed by atoms with Crippen LogP contribution in [0.15, 0.2) is 30.3 Å². The third-order valence-electron chi connectivity index (χ3n) is 2.23. The van der Waals surface area contributed by atoms with Crippen molar-refractivity contribution in [3.63, 3.8) is 0 Å². The lowest BCUT2D eigenvalue weighted by Gasteiger charge is -2.14. The van der Waals surface area contributed by atoms with Gasteiger partial charge in [-0.15, -0.1) is 0 Å². The Labute approximate surface area is 97.7 Å². The average molecular weight is 304 g/mol. The van der Waals surface area contributed by atoms with Crippen LogP contribution in [0.3, 0.4) is 0 Å². The maximum atomic E-state index is 5.67. The Morgan fingerprint density at radius 3 is 2.79 bits per heavy atom. The molecule has 0 N–H and O–H groups in total. The standard InChI is InChI=1S/C11H13IO2/c12-10-6-7-13-11(10)14-8-9-4-2-1-3-5-9/h1-5,10-11H,6-8H2/t10-,11-/m0/s1. The molecule has 0 saturated carbocycles. The topological polar surface area (TPSA) is 18.5 Å². The Kier molecular flexibility index (Phi) is 3.78. The molecule has 1 aliphatic heterocycles. The average Bonchev–Trinajstić information content (AvgIpc) is 2.63. The summed E-state index contributed by atoms with van der Waals surface area (Å²) in [5.41, 5.74) is 1.20. The molecule has 3 heteroatoms. The van der Waals surface area contributed by atoms with Gasteiger partial charge >= 0.3 is 0 Å². The van der Waals surface area contributed by atoms with Gasteiger partial charge in [-0.3, -0.25) is 0 Å². The second-order valence-corrected chi connectivity index (χ2v) is 4.94. The van der Waals surface area contributed by atoms with Gasteiger partial charge in [-0.2, -0.15) is 0 Å². The van der Waals surface area contributed by atoms with E-state index >= 15 is 0 Å². The Hall–Kier alpha value is -0.130. The van der Waals surface area contributed by atoms with Gasteiger partial charge in [0.25, 0.3) is 0 Å². The molecule has 1 fully saturated rings. The molecule has 0 amide bonds. The number of rotatable bonds is 3. The van der Waals surface area contributed by atoms with E-state index in [1.165, 1.54) is 5.56 Å². The lowest BCUT2D eigenvalue weighted by molar-refractivity contribution is -0.114. The van der Waals surface area contributed by atoms with E-state index in [1.807, 2.05) is 18.2 Å². The molecule has 0 bridgehead atoms. The molecule has 2 rings (SSSR count). The molecule has 76 valence electrons. The zero-order chi connectivity index (χ0) is 9.80. The fourth-order valence-electron chi connectivity index (χ4n) is 1.44. The molecular weight excluding hydrogens is 291 g/mol. The molecule has 1 aliphatic rings. The highest BCUT2D eigenvalue weighted by Gasteiger charge is 2.26. The molecular formula is C11H13IO2. The van der Waals surface area contributed by atoms with Crippen LogP contribution in [-0.4, -0.2) is 16.8 Å². The third kappa shape index (κ3) is 2.68. The number of alkyl halides is 1. The number of hydrogen-bond donors (Lipinski definition) is 0. The minimum Gasteiger partial charge on any atom is -0.351 e. The van der Waals surface area contributed by atoms with Crippen LogP contribution >= 0.6 is 22.6 Å². The van der Waals surface area contributed by atoms with Crippen LogP contribution in [-0.2, 0) is 16.1 Å². The van der Waals surface area contributed by atoms with Gasteiger partial charge < -0.3 is 9.47 Å². The predicted molar refractivity (Wildman–Crippen MR) is 63.4 cm³/mol. The predicted octanol–water partition coefficient (Wildman–Crippen LogP) is 2.75. The van der Waals surface area contributed by atoms with Gasteiger partial charge in [-0.25, -0.2) is 0 Å². The van der Waals surface area contributed by atoms with Crippen LogP contribution in [0.25, 0.3) is 0 Å². The quantitative estimate of drug-likeness (QED) is 0.631. The molecule has 1 aromatic carbocycles. The molecule has 14 heavy (non-hydrogen) atoms. The van der Waals surface area contributed by atoms with E-state index in [-0.39, 0.29) is 6.29 Å². The SMILES string of the molecule is I[C@H]1CCO[C@H]1OCc1ccccc1. The molecule has 1 saturated heterocycles. The second kappa shape index (κ2) is 5.09. The minimum absolute atomic E-state index is 0.0178. The van der Waals surface area contributed by atoms with E-state index in [0.717, 1.165) is 13.0 Å². The van der Waals surface area contributed by atoms with Gasteiger partial charge in [-0.05, 0) is 12.0 Å². The Bertz CT molecular complexity index is 276. The molecule has 0 spiro atoms. The highest BCUT2D eigenvalue weighted by atomic mass is 127. The van der Waals surface area contributed by atoms with Crippen LogP contribution in [0.1, 0.15) is 12.0 Å². The van der Waals surface area contributed by atoms with Crippen molar-refractivity contribution >= 4 is 22.6 Å². The van der Waals surface area contributed by atoms with Crippen LogP contribution in [0.5, 0.6) is 0 Å². The Morgan fingerprint density at radius 2 is 2.14 bits per heavy atom. The van der Waals surface area contributed by atoms with Crippen LogP contribution in [0.4, 0.5) is 0 Å². The highest BCUT2D eigenvalue weighted by Crippen LogP contribution is 2.23. The van der Waals surface area contributed by atoms with Crippen LogP contribution < -0.4 is 0 Å². The van der Waals surface area contributed by atoms with Crippen LogP contribution in [0.2, 0.25) is 0 Å². The van der Waals surface area contributed by atoms with Gasteiger partial charge in [0, 0.05) is 0 Å². The van der Waals surface area contributed by atoms with Crippen LogP contribution in [0, 0.1) is 0 Å². The van der Waals surface area contributed by atoms with Crippen molar-refractivity contribution in [1.82, 2.24) is 0 Å². The van der Waals surface area contributed by atoms with Crippen molar-refractivity contribution in [1.29, 1.82) is 0 Å². The van der Waals surface area contributed by atoms with Gasteiger partial charge in [0.1, 0.15) is 0 Å². The van der Waals surface area contributed by atoms with Crippen molar-refractivity contribution < 1.29 is 9.47 Å². The molecule has 1 heterocycles. The first kappa shape index (κ1) is 10.4. The normalized spacial score (nSPS) is 26.6. The summed E-state index contributed by atoms with van der Waals surface area (Å²) in [6.45, 7) is 1.47. The summed E-state index contributed by atoms with van der Waals surface area (Å²) in [6, 6.07) is 10.2. The van der Waals surface area contributed by atoms with Gasteiger partial charge in [0.2, 0.25) is 0 Å².